The molecule has 0 bridgehead atoms. The molecule has 106 valence electrons. The number of hydrogen-bond acceptors (Lipinski definition) is 0. The third-order valence-electron chi connectivity index (χ3n) is 4.23. The Balaban J connectivity index is 2.40. The molecule has 0 aliphatic heterocycles. The van der Waals surface area contributed by atoms with Gasteiger partial charge in [-0.25, -0.2) is 4.57 Å². The highest BCUT2D eigenvalue weighted by Crippen LogP contribution is 2.31. The van der Waals surface area contributed by atoms with E-state index in [1.165, 1.54) is 33.2 Å². The fourth-order valence-electron chi connectivity index (χ4n) is 3.10. The molecule has 0 fully saturated rings. The van der Waals surface area contributed by atoms with Gasteiger partial charge in [0.05, 0.1) is 5.39 Å². The lowest BCUT2D eigenvalue weighted by Crippen LogP contribution is -2.30. The Morgan fingerprint density at radius 2 is 1.62 bits per heavy atom. The predicted octanol–water partition coefficient (Wildman–Crippen LogP) is 4.76. The third kappa shape index (κ3) is 2.33. The van der Waals surface area contributed by atoms with E-state index in [9.17, 15) is 0 Å². The van der Waals surface area contributed by atoms with Gasteiger partial charge in [0, 0.05) is 11.6 Å². The average molecular weight is 276 g/mol. The topological polar surface area (TPSA) is 3.88 Å². The van der Waals surface area contributed by atoms with Crippen LogP contribution in [-0.4, -0.2) is 0 Å². The Labute approximate surface area is 126 Å². The van der Waals surface area contributed by atoms with Crippen LogP contribution in [0.15, 0.2) is 54.7 Å². The molecule has 0 N–H and O–H groups in total. The molecule has 3 rings (SSSR count). The first kappa shape index (κ1) is 13.8. The normalized spacial score (nSPS) is 11.3. The molecular weight excluding hydrogens is 254 g/mol. The van der Waals surface area contributed by atoms with Gasteiger partial charge in [-0.3, -0.25) is 0 Å². The summed E-state index contributed by atoms with van der Waals surface area (Å²) >= 11 is 0. The monoisotopic (exact) mass is 276 g/mol. The number of aryl methyl sites for hydroxylation is 2. The zero-order valence-electron chi connectivity index (χ0n) is 13.2. The number of pyridine rings is 1. The molecule has 0 atom stereocenters. The summed E-state index contributed by atoms with van der Waals surface area (Å²) in [7, 11) is 2.13. The maximum atomic E-state index is 2.26. The summed E-state index contributed by atoms with van der Waals surface area (Å²) in [5.41, 5.74) is 5.35. The molecule has 0 amide bonds. The molecule has 1 heteroatoms. The Kier molecular flexibility index (Phi) is 3.50. The lowest BCUT2D eigenvalue weighted by molar-refractivity contribution is -0.659. The van der Waals surface area contributed by atoms with E-state index in [0.717, 1.165) is 0 Å². The Hall–Kier alpha value is -2.15. The highest BCUT2D eigenvalue weighted by atomic mass is 14.9. The first-order valence-corrected chi connectivity index (χ1v) is 7.57. The molecular formula is C20H22N+. The maximum Gasteiger partial charge on any atom is 0.220 e. The van der Waals surface area contributed by atoms with Crippen LogP contribution in [0.4, 0.5) is 0 Å². The van der Waals surface area contributed by atoms with Gasteiger partial charge < -0.3 is 0 Å². The van der Waals surface area contributed by atoms with Gasteiger partial charge in [-0.15, -0.1) is 0 Å². The van der Waals surface area contributed by atoms with Crippen molar-refractivity contribution in [2.75, 3.05) is 0 Å². The summed E-state index contributed by atoms with van der Waals surface area (Å²) < 4.78 is 2.23. The van der Waals surface area contributed by atoms with E-state index < -0.39 is 0 Å². The molecule has 0 spiro atoms. The van der Waals surface area contributed by atoms with E-state index in [1.807, 2.05) is 0 Å². The molecule has 1 nitrogen and oxygen atoms in total. The summed E-state index contributed by atoms with van der Waals surface area (Å²) in [6.07, 6.45) is 2.18. The zero-order valence-corrected chi connectivity index (χ0v) is 13.2. The first-order chi connectivity index (χ1) is 10.1. The fraction of sp³-hybridized carbons (Fsp3) is 0.250. The maximum absolute atomic E-state index is 2.26. The number of rotatable bonds is 2. The second kappa shape index (κ2) is 5.33. The van der Waals surface area contributed by atoms with Crippen molar-refractivity contribution in [3.05, 3.63) is 65.9 Å². The number of aromatic nitrogens is 1. The zero-order chi connectivity index (χ0) is 15.0. The van der Waals surface area contributed by atoms with Crippen LogP contribution in [0.2, 0.25) is 0 Å². The smallest absolute Gasteiger partial charge is 0.200 e. The fourth-order valence-corrected chi connectivity index (χ4v) is 3.10. The second-order valence-electron chi connectivity index (χ2n) is 6.05. The minimum atomic E-state index is 0.533. The predicted molar refractivity (Wildman–Crippen MR) is 89.4 cm³/mol. The van der Waals surface area contributed by atoms with Gasteiger partial charge in [-0.2, -0.15) is 0 Å². The highest BCUT2D eigenvalue weighted by Gasteiger charge is 2.18. The standard InChI is InChI=1S/C20H22N/c1-14(2)16-10-7-11-19-18(16)12-13-21(4)20(19)17-9-6-5-8-15(17)3/h5-14H,1-4H3/q+1. The molecule has 0 unspecified atom stereocenters. The van der Waals surface area contributed by atoms with Gasteiger partial charge in [0.15, 0.2) is 6.20 Å². The van der Waals surface area contributed by atoms with Crippen molar-refractivity contribution in [1.82, 2.24) is 0 Å². The van der Waals surface area contributed by atoms with Crippen molar-refractivity contribution in [1.29, 1.82) is 0 Å². The highest BCUT2D eigenvalue weighted by molar-refractivity contribution is 5.95. The van der Waals surface area contributed by atoms with Crippen LogP contribution >= 0.6 is 0 Å². The lowest BCUT2D eigenvalue weighted by Gasteiger charge is -2.12. The molecule has 0 saturated heterocycles. The van der Waals surface area contributed by atoms with Crippen molar-refractivity contribution in [2.24, 2.45) is 7.05 Å². The summed E-state index contributed by atoms with van der Waals surface area (Å²) in [6, 6.07) is 17.5. The van der Waals surface area contributed by atoms with E-state index in [-0.39, 0.29) is 0 Å². The quantitative estimate of drug-likeness (QED) is 0.594. The number of benzene rings is 2. The van der Waals surface area contributed by atoms with E-state index in [4.69, 9.17) is 0 Å². The molecule has 0 radical (unpaired) electrons. The van der Waals surface area contributed by atoms with Crippen LogP contribution in [0, 0.1) is 6.92 Å². The minimum absolute atomic E-state index is 0.533. The SMILES string of the molecule is Cc1ccccc1-c1c2cccc(C(C)C)c2cc[n+]1C. The largest absolute Gasteiger partial charge is 0.220 e. The number of hydrogen-bond donors (Lipinski definition) is 0. The van der Waals surface area contributed by atoms with Crippen LogP contribution in [0.25, 0.3) is 22.0 Å². The Bertz CT molecular complexity index is 800. The summed E-state index contributed by atoms with van der Waals surface area (Å²) in [5, 5.41) is 2.70. The van der Waals surface area contributed by atoms with E-state index >= 15 is 0 Å². The van der Waals surface area contributed by atoms with Crippen LogP contribution in [-0.2, 0) is 7.05 Å². The van der Waals surface area contributed by atoms with E-state index in [0.29, 0.717) is 5.92 Å². The molecule has 2 aromatic carbocycles. The van der Waals surface area contributed by atoms with Crippen molar-refractivity contribution < 1.29 is 4.57 Å². The molecule has 21 heavy (non-hydrogen) atoms. The van der Waals surface area contributed by atoms with Crippen molar-refractivity contribution in [2.45, 2.75) is 26.7 Å². The van der Waals surface area contributed by atoms with Gasteiger partial charge in [-0.05, 0) is 41.5 Å². The van der Waals surface area contributed by atoms with Crippen LogP contribution in [0.3, 0.4) is 0 Å². The van der Waals surface area contributed by atoms with Crippen LogP contribution < -0.4 is 4.57 Å². The van der Waals surface area contributed by atoms with Gasteiger partial charge in [-0.1, -0.05) is 44.2 Å². The van der Waals surface area contributed by atoms with Crippen molar-refractivity contribution in [3.8, 4) is 11.3 Å². The molecule has 0 aliphatic carbocycles. The summed E-state index contributed by atoms with van der Waals surface area (Å²) in [4.78, 5) is 0. The van der Waals surface area contributed by atoms with Crippen LogP contribution in [0.5, 0.6) is 0 Å². The summed E-state index contributed by atoms with van der Waals surface area (Å²) in [6.45, 7) is 6.70. The third-order valence-corrected chi connectivity index (χ3v) is 4.23. The van der Waals surface area contributed by atoms with Crippen molar-refractivity contribution >= 4 is 10.8 Å². The Morgan fingerprint density at radius 1 is 0.857 bits per heavy atom. The van der Waals surface area contributed by atoms with E-state index in [1.54, 1.807) is 0 Å². The number of nitrogens with zero attached hydrogens (tertiary/aromatic N) is 1. The Morgan fingerprint density at radius 3 is 2.33 bits per heavy atom. The minimum Gasteiger partial charge on any atom is -0.200 e. The van der Waals surface area contributed by atoms with Gasteiger partial charge in [0.2, 0.25) is 5.69 Å². The molecule has 1 aromatic heterocycles. The molecule has 0 saturated carbocycles. The van der Waals surface area contributed by atoms with Crippen LogP contribution in [0.1, 0.15) is 30.9 Å². The lowest BCUT2D eigenvalue weighted by atomic mass is 9.93. The molecule has 3 aromatic rings. The molecule has 0 aliphatic rings. The summed E-state index contributed by atoms with van der Waals surface area (Å²) in [5.74, 6) is 0.533. The van der Waals surface area contributed by atoms with E-state index in [2.05, 4.69) is 87.1 Å². The van der Waals surface area contributed by atoms with Gasteiger partial charge in [0.1, 0.15) is 7.05 Å². The molecule has 1 heterocycles. The average Bonchev–Trinajstić information content (AvgIpc) is 2.47. The van der Waals surface area contributed by atoms with Gasteiger partial charge in [0.25, 0.3) is 0 Å². The second-order valence-corrected chi connectivity index (χ2v) is 6.05. The van der Waals surface area contributed by atoms with Crippen molar-refractivity contribution in [3.63, 3.8) is 0 Å². The van der Waals surface area contributed by atoms with Gasteiger partial charge >= 0.3 is 0 Å². The first-order valence-electron chi connectivity index (χ1n) is 7.57. The number of fused-ring (bicyclic) bond motifs is 1.